The largest absolute Gasteiger partial charge is 0.481 e. The fourth-order valence-corrected chi connectivity index (χ4v) is 1.11. The van der Waals surface area contributed by atoms with E-state index in [9.17, 15) is 14.4 Å². The van der Waals surface area contributed by atoms with Crippen molar-refractivity contribution in [2.75, 3.05) is 6.61 Å². The molecule has 0 bridgehead atoms. The number of carbonyl (C=O) groups is 3. The van der Waals surface area contributed by atoms with Gasteiger partial charge in [-0.05, 0) is 19.8 Å². The molecule has 0 spiro atoms. The number of carbonyl (C=O) groups excluding carboxylic acids is 2. The number of hydrogen-bond acceptors (Lipinski definition) is 5. The van der Waals surface area contributed by atoms with Crippen molar-refractivity contribution in [3.63, 3.8) is 0 Å². The normalized spacial score (nSPS) is 11.4. The molecule has 0 aromatic heterocycles. The van der Waals surface area contributed by atoms with Crippen molar-refractivity contribution in [1.82, 2.24) is 0 Å². The average Bonchev–Trinajstić information content (AvgIpc) is 2.31. The molecule has 0 heterocycles. The molecular weight excluding hydrogens is 240 g/mol. The average molecular weight is 258 g/mol. The zero-order valence-corrected chi connectivity index (χ0v) is 10.4. The van der Waals surface area contributed by atoms with Gasteiger partial charge in [0.05, 0.1) is 0 Å². The first-order valence-electron chi connectivity index (χ1n) is 5.66. The van der Waals surface area contributed by atoms with Crippen LogP contribution < -0.4 is 0 Å². The monoisotopic (exact) mass is 258 g/mol. The second-order valence-electron chi connectivity index (χ2n) is 3.74. The second kappa shape index (κ2) is 9.21. The third-order valence-corrected chi connectivity index (χ3v) is 1.98. The molecule has 1 atom stereocenters. The molecule has 1 N–H and O–H groups in total. The van der Waals surface area contributed by atoms with E-state index >= 15 is 0 Å². The highest BCUT2D eigenvalue weighted by Crippen LogP contribution is 2.02. The molecular formula is C12H18O6. The molecule has 6 heteroatoms. The summed E-state index contributed by atoms with van der Waals surface area (Å²) in [4.78, 5) is 32.2. The Morgan fingerprint density at radius 1 is 1.28 bits per heavy atom. The molecule has 0 aliphatic heterocycles. The van der Waals surface area contributed by atoms with Gasteiger partial charge in [-0.3, -0.25) is 9.59 Å². The fourth-order valence-electron chi connectivity index (χ4n) is 1.11. The molecule has 6 nitrogen and oxygen atoms in total. The third kappa shape index (κ3) is 9.38. The van der Waals surface area contributed by atoms with E-state index < -0.39 is 24.0 Å². The predicted molar refractivity (Wildman–Crippen MR) is 62.8 cm³/mol. The van der Waals surface area contributed by atoms with E-state index in [1.807, 2.05) is 0 Å². The van der Waals surface area contributed by atoms with Gasteiger partial charge in [-0.15, -0.1) is 0 Å². The lowest BCUT2D eigenvalue weighted by Crippen LogP contribution is -2.21. The quantitative estimate of drug-likeness (QED) is 0.381. The molecule has 0 aliphatic carbocycles. The van der Waals surface area contributed by atoms with Crippen LogP contribution in [0.2, 0.25) is 0 Å². The predicted octanol–water partition coefficient (Wildman–Crippen LogP) is 1.29. The fraction of sp³-hybridized carbons (Fsp3) is 0.583. The van der Waals surface area contributed by atoms with Gasteiger partial charge in [0, 0.05) is 18.9 Å². The minimum absolute atomic E-state index is 0.0165. The lowest BCUT2D eigenvalue weighted by Gasteiger charge is -2.12. The molecule has 102 valence electrons. The van der Waals surface area contributed by atoms with E-state index in [-0.39, 0.29) is 19.4 Å². The highest BCUT2D eigenvalue weighted by atomic mass is 16.6. The molecule has 0 rings (SSSR count). The highest BCUT2D eigenvalue weighted by molar-refractivity contribution is 5.81. The minimum atomic E-state index is -0.881. The molecule has 0 saturated carbocycles. The first-order chi connectivity index (χ1) is 8.45. The number of hydrogen-bond donors (Lipinski definition) is 1. The van der Waals surface area contributed by atoms with Crippen molar-refractivity contribution in [2.45, 2.75) is 38.7 Å². The number of carboxylic acids is 1. The van der Waals surface area contributed by atoms with Crippen LogP contribution in [0.4, 0.5) is 0 Å². The van der Waals surface area contributed by atoms with Crippen LogP contribution in [0.15, 0.2) is 12.7 Å². The van der Waals surface area contributed by atoms with Crippen molar-refractivity contribution in [3.8, 4) is 0 Å². The number of aliphatic carboxylic acids is 1. The van der Waals surface area contributed by atoms with Gasteiger partial charge in [-0.1, -0.05) is 6.58 Å². The molecule has 0 fully saturated rings. The first kappa shape index (κ1) is 16.1. The maximum Gasteiger partial charge on any atom is 0.330 e. The van der Waals surface area contributed by atoms with Gasteiger partial charge in [0.2, 0.25) is 0 Å². The summed E-state index contributed by atoms with van der Waals surface area (Å²) in [6, 6.07) is 0. The van der Waals surface area contributed by atoms with Gasteiger partial charge in [0.15, 0.2) is 0 Å². The molecule has 0 aromatic rings. The van der Waals surface area contributed by atoms with E-state index in [2.05, 4.69) is 6.58 Å². The van der Waals surface area contributed by atoms with E-state index in [0.717, 1.165) is 6.08 Å². The summed E-state index contributed by atoms with van der Waals surface area (Å²) in [5.41, 5.74) is 0. The van der Waals surface area contributed by atoms with E-state index in [0.29, 0.717) is 12.8 Å². The maximum absolute atomic E-state index is 11.2. The molecule has 0 amide bonds. The van der Waals surface area contributed by atoms with Crippen LogP contribution in [0.3, 0.4) is 0 Å². The summed E-state index contributed by atoms with van der Waals surface area (Å²) in [5, 5.41) is 8.39. The van der Waals surface area contributed by atoms with Crippen molar-refractivity contribution in [2.24, 2.45) is 0 Å². The van der Waals surface area contributed by atoms with Gasteiger partial charge in [-0.2, -0.15) is 0 Å². The summed E-state index contributed by atoms with van der Waals surface area (Å²) >= 11 is 0. The van der Waals surface area contributed by atoms with E-state index in [4.69, 9.17) is 14.6 Å². The molecule has 1 unspecified atom stereocenters. The summed E-state index contributed by atoms with van der Waals surface area (Å²) in [6.45, 7) is 4.82. The zero-order chi connectivity index (χ0) is 14.0. The Morgan fingerprint density at radius 2 is 1.89 bits per heavy atom. The summed E-state index contributed by atoms with van der Waals surface area (Å²) in [5.74, 6) is -1.88. The van der Waals surface area contributed by atoms with Crippen molar-refractivity contribution in [1.29, 1.82) is 0 Å². The zero-order valence-electron chi connectivity index (χ0n) is 10.4. The number of ether oxygens (including phenoxy) is 2. The Bertz CT molecular complexity index is 310. The summed E-state index contributed by atoms with van der Waals surface area (Å²) in [6.07, 6.45) is 1.61. The van der Waals surface area contributed by atoms with Crippen molar-refractivity contribution >= 4 is 17.9 Å². The van der Waals surface area contributed by atoms with Crippen molar-refractivity contribution < 1.29 is 29.0 Å². The Balaban J connectivity index is 3.60. The summed E-state index contributed by atoms with van der Waals surface area (Å²) in [7, 11) is 0. The minimum Gasteiger partial charge on any atom is -0.481 e. The van der Waals surface area contributed by atoms with E-state index in [1.54, 1.807) is 6.92 Å². The number of unbranched alkanes of at least 4 members (excludes halogenated alkanes) is 1. The topological polar surface area (TPSA) is 89.9 Å². The Labute approximate surface area is 106 Å². The molecule has 0 saturated heterocycles. The van der Waals surface area contributed by atoms with Gasteiger partial charge < -0.3 is 14.6 Å². The Hall–Kier alpha value is -1.85. The standard InChI is InChI=1S/C12H18O6/c1-3-11(15)18-9(2)8-17-12(16)7-5-4-6-10(13)14/h3,9H,1,4-8H2,2H3,(H,13,14). The molecule has 0 radical (unpaired) electrons. The van der Waals surface area contributed by atoms with Crippen LogP contribution >= 0.6 is 0 Å². The SMILES string of the molecule is C=CC(=O)OC(C)COC(=O)CCCCC(=O)O. The molecule has 0 aliphatic rings. The Morgan fingerprint density at radius 3 is 2.44 bits per heavy atom. The second-order valence-corrected chi connectivity index (χ2v) is 3.74. The maximum atomic E-state index is 11.2. The van der Waals surface area contributed by atoms with Crippen molar-refractivity contribution in [3.05, 3.63) is 12.7 Å². The van der Waals surface area contributed by atoms with Crippen LogP contribution in [0.5, 0.6) is 0 Å². The Kier molecular flexibility index (Phi) is 8.26. The highest BCUT2D eigenvalue weighted by Gasteiger charge is 2.10. The molecule has 0 aromatic carbocycles. The van der Waals surface area contributed by atoms with Gasteiger partial charge in [-0.25, -0.2) is 4.79 Å². The van der Waals surface area contributed by atoms with E-state index in [1.165, 1.54) is 0 Å². The van der Waals surface area contributed by atoms with Crippen LogP contribution in [-0.2, 0) is 23.9 Å². The van der Waals surface area contributed by atoms with Gasteiger partial charge >= 0.3 is 17.9 Å². The lowest BCUT2D eigenvalue weighted by atomic mass is 10.2. The third-order valence-electron chi connectivity index (χ3n) is 1.98. The van der Waals surface area contributed by atoms with Gasteiger partial charge in [0.1, 0.15) is 12.7 Å². The first-order valence-corrected chi connectivity index (χ1v) is 5.66. The number of carboxylic acid groups (broad SMARTS) is 1. The molecule has 18 heavy (non-hydrogen) atoms. The van der Waals surface area contributed by atoms with Crippen LogP contribution in [0, 0.1) is 0 Å². The number of rotatable bonds is 9. The lowest BCUT2D eigenvalue weighted by molar-refractivity contribution is -0.154. The van der Waals surface area contributed by atoms with Crippen LogP contribution in [-0.4, -0.2) is 35.7 Å². The van der Waals surface area contributed by atoms with Gasteiger partial charge in [0.25, 0.3) is 0 Å². The smallest absolute Gasteiger partial charge is 0.330 e. The summed E-state index contributed by atoms with van der Waals surface area (Å²) < 4.78 is 9.65. The van der Waals surface area contributed by atoms with Crippen LogP contribution in [0.1, 0.15) is 32.6 Å². The number of esters is 2. The van der Waals surface area contributed by atoms with Crippen LogP contribution in [0.25, 0.3) is 0 Å².